The molecule has 0 bridgehead atoms. The Morgan fingerprint density at radius 1 is 1.00 bits per heavy atom. The Balaban J connectivity index is 3.20. The van der Waals surface area contributed by atoms with Gasteiger partial charge in [-0.3, -0.25) is 4.79 Å². The number of ether oxygens (including phenoxy) is 1. The summed E-state index contributed by atoms with van der Waals surface area (Å²) in [7, 11) is 1.12. The second kappa shape index (κ2) is 5.09. The van der Waals surface area contributed by atoms with Gasteiger partial charge in [0.05, 0.1) is 0 Å². The fraction of sp³-hybridized carbons (Fsp3) is 0.222. The molecule has 8 heteroatoms. The maximum Gasteiger partial charge on any atom is 0.250 e. The van der Waals surface area contributed by atoms with Crippen LogP contribution >= 0.6 is 0 Å². The molecule has 0 spiro atoms. The minimum Gasteiger partial charge on any atom is -0.375 e. The molecule has 1 amide bonds. The second-order valence-electron chi connectivity index (χ2n) is 2.93. The number of methoxy groups -OCH3 is 1. The van der Waals surface area contributed by atoms with Crippen LogP contribution < -0.4 is 5.32 Å². The van der Waals surface area contributed by atoms with E-state index in [2.05, 4.69) is 4.74 Å². The van der Waals surface area contributed by atoms with Gasteiger partial charge in [-0.1, -0.05) is 0 Å². The zero-order valence-electron chi connectivity index (χ0n) is 8.41. The third-order valence-electron chi connectivity index (χ3n) is 1.75. The van der Waals surface area contributed by atoms with Crippen LogP contribution in [0.25, 0.3) is 0 Å². The smallest absolute Gasteiger partial charge is 0.250 e. The number of amides is 1. The lowest BCUT2D eigenvalue weighted by Gasteiger charge is -2.09. The van der Waals surface area contributed by atoms with Crippen molar-refractivity contribution in [3.05, 3.63) is 29.1 Å². The Morgan fingerprint density at radius 3 is 1.82 bits per heavy atom. The predicted molar refractivity (Wildman–Crippen MR) is 46.7 cm³/mol. The Hall–Kier alpha value is -1.70. The quantitative estimate of drug-likeness (QED) is 0.509. The third-order valence-corrected chi connectivity index (χ3v) is 1.75. The summed E-state index contributed by atoms with van der Waals surface area (Å²) in [6, 6.07) is 0. The van der Waals surface area contributed by atoms with Crippen molar-refractivity contribution in [2.45, 2.75) is 0 Å². The van der Waals surface area contributed by atoms with Crippen molar-refractivity contribution in [1.82, 2.24) is 0 Å². The maximum absolute atomic E-state index is 13.0. The van der Waals surface area contributed by atoms with E-state index in [4.69, 9.17) is 0 Å². The molecule has 0 saturated carbocycles. The number of halogens is 5. The lowest BCUT2D eigenvalue weighted by Crippen LogP contribution is -2.20. The van der Waals surface area contributed by atoms with E-state index in [0.29, 0.717) is 0 Å². The number of nitrogens with one attached hydrogen (secondary N) is 1. The summed E-state index contributed by atoms with van der Waals surface area (Å²) in [6.07, 6.45) is 0. The molecular formula is C9H6F5NO2. The van der Waals surface area contributed by atoms with Crippen LogP contribution in [0.4, 0.5) is 27.6 Å². The minimum absolute atomic E-state index is 0.584. The molecule has 0 aromatic heterocycles. The summed E-state index contributed by atoms with van der Waals surface area (Å²) in [5, 5.41) is 1.53. The third kappa shape index (κ3) is 2.52. The topological polar surface area (TPSA) is 38.3 Å². The maximum atomic E-state index is 13.0. The summed E-state index contributed by atoms with van der Waals surface area (Å²) in [5.74, 6) is -11.8. The second-order valence-corrected chi connectivity index (χ2v) is 2.93. The van der Waals surface area contributed by atoms with Gasteiger partial charge in [0.2, 0.25) is 5.82 Å². The van der Waals surface area contributed by atoms with Gasteiger partial charge in [0.25, 0.3) is 5.91 Å². The molecule has 0 fully saturated rings. The van der Waals surface area contributed by atoms with Gasteiger partial charge in [-0.25, -0.2) is 22.0 Å². The molecule has 0 aliphatic rings. The molecule has 0 aliphatic carbocycles. The molecular weight excluding hydrogens is 249 g/mol. The SMILES string of the molecule is COCC(=O)Nc1c(F)c(F)c(F)c(F)c1F. The largest absolute Gasteiger partial charge is 0.375 e. The fourth-order valence-corrected chi connectivity index (χ4v) is 1.02. The van der Waals surface area contributed by atoms with E-state index < -0.39 is 47.3 Å². The lowest BCUT2D eigenvalue weighted by atomic mass is 10.2. The molecule has 0 radical (unpaired) electrons. The molecule has 0 unspecified atom stereocenters. The number of benzene rings is 1. The first-order valence-electron chi connectivity index (χ1n) is 4.20. The highest BCUT2D eigenvalue weighted by Crippen LogP contribution is 2.26. The summed E-state index contributed by atoms with van der Waals surface area (Å²) in [4.78, 5) is 10.9. The average Bonchev–Trinajstić information content (AvgIpc) is 2.30. The molecule has 0 atom stereocenters. The molecule has 0 heterocycles. The predicted octanol–water partition coefficient (Wildman–Crippen LogP) is 1.97. The minimum atomic E-state index is -2.29. The zero-order chi connectivity index (χ0) is 13.2. The molecule has 0 aliphatic heterocycles. The van der Waals surface area contributed by atoms with E-state index >= 15 is 0 Å². The van der Waals surface area contributed by atoms with E-state index in [9.17, 15) is 26.7 Å². The summed E-state index contributed by atoms with van der Waals surface area (Å²) >= 11 is 0. The number of hydrogen-bond donors (Lipinski definition) is 1. The summed E-state index contributed by atoms with van der Waals surface area (Å²) < 4.78 is 68.4. The first kappa shape index (κ1) is 13.4. The molecule has 17 heavy (non-hydrogen) atoms. The fourth-order valence-electron chi connectivity index (χ4n) is 1.02. The van der Waals surface area contributed by atoms with E-state index in [0.717, 1.165) is 7.11 Å². The number of carbonyl (C=O) groups is 1. The van der Waals surface area contributed by atoms with E-state index in [1.807, 2.05) is 0 Å². The van der Waals surface area contributed by atoms with Gasteiger partial charge in [-0.15, -0.1) is 0 Å². The molecule has 0 saturated heterocycles. The zero-order valence-corrected chi connectivity index (χ0v) is 8.41. The molecule has 1 aromatic rings. The summed E-state index contributed by atoms with van der Waals surface area (Å²) in [6.45, 7) is -0.584. The van der Waals surface area contributed by atoms with Crippen molar-refractivity contribution in [3.8, 4) is 0 Å². The highest BCUT2D eigenvalue weighted by molar-refractivity contribution is 5.91. The van der Waals surface area contributed by atoms with Crippen LogP contribution in [0.2, 0.25) is 0 Å². The first-order chi connectivity index (χ1) is 7.90. The van der Waals surface area contributed by atoms with Gasteiger partial charge in [0, 0.05) is 7.11 Å². The van der Waals surface area contributed by atoms with Crippen molar-refractivity contribution in [2.75, 3.05) is 19.0 Å². The highest BCUT2D eigenvalue weighted by atomic mass is 19.2. The normalized spacial score (nSPS) is 10.5. The van der Waals surface area contributed by atoms with Crippen molar-refractivity contribution in [3.63, 3.8) is 0 Å². The Kier molecular flexibility index (Phi) is 4.00. The Labute approximate surface area is 92.2 Å². The van der Waals surface area contributed by atoms with E-state index in [-0.39, 0.29) is 0 Å². The van der Waals surface area contributed by atoms with Gasteiger partial charge in [-0.05, 0) is 0 Å². The van der Waals surface area contributed by atoms with Crippen LogP contribution in [0.1, 0.15) is 0 Å². The van der Waals surface area contributed by atoms with Gasteiger partial charge >= 0.3 is 0 Å². The van der Waals surface area contributed by atoms with Gasteiger partial charge in [0.15, 0.2) is 23.3 Å². The molecule has 1 aromatic carbocycles. The van der Waals surface area contributed by atoms with Crippen LogP contribution in [0.3, 0.4) is 0 Å². The van der Waals surface area contributed by atoms with Crippen LogP contribution in [0.5, 0.6) is 0 Å². The van der Waals surface area contributed by atoms with Crippen molar-refractivity contribution >= 4 is 11.6 Å². The average molecular weight is 255 g/mol. The number of rotatable bonds is 3. The lowest BCUT2D eigenvalue weighted by molar-refractivity contribution is -0.119. The monoisotopic (exact) mass is 255 g/mol. The standard InChI is InChI=1S/C9H6F5NO2/c1-17-2-3(16)15-9-7(13)5(11)4(10)6(12)8(9)14/h2H2,1H3,(H,15,16). The van der Waals surface area contributed by atoms with Gasteiger partial charge < -0.3 is 10.1 Å². The molecule has 1 rings (SSSR count). The first-order valence-corrected chi connectivity index (χ1v) is 4.20. The van der Waals surface area contributed by atoms with Crippen molar-refractivity contribution in [1.29, 1.82) is 0 Å². The van der Waals surface area contributed by atoms with Gasteiger partial charge in [-0.2, -0.15) is 0 Å². The molecule has 3 nitrogen and oxygen atoms in total. The van der Waals surface area contributed by atoms with E-state index in [1.165, 1.54) is 5.32 Å². The molecule has 1 N–H and O–H groups in total. The number of anilines is 1. The highest BCUT2D eigenvalue weighted by Gasteiger charge is 2.26. The van der Waals surface area contributed by atoms with Crippen molar-refractivity contribution in [2.24, 2.45) is 0 Å². The number of carbonyl (C=O) groups excluding carboxylic acids is 1. The van der Waals surface area contributed by atoms with Crippen molar-refractivity contribution < 1.29 is 31.5 Å². The number of hydrogen-bond acceptors (Lipinski definition) is 2. The Morgan fingerprint density at radius 2 is 1.41 bits per heavy atom. The molecule has 94 valence electrons. The Bertz CT molecular complexity index is 434. The van der Waals surface area contributed by atoms with Crippen LogP contribution in [-0.2, 0) is 9.53 Å². The van der Waals surface area contributed by atoms with E-state index in [1.54, 1.807) is 0 Å². The van der Waals surface area contributed by atoms with Gasteiger partial charge in [0.1, 0.15) is 12.3 Å². The van der Waals surface area contributed by atoms with Crippen LogP contribution in [0.15, 0.2) is 0 Å². The van der Waals surface area contributed by atoms with Crippen LogP contribution in [-0.4, -0.2) is 19.6 Å². The summed E-state index contributed by atoms with van der Waals surface area (Å²) in [5.41, 5.74) is -1.40. The van der Waals surface area contributed by atoms with Crippen LogP contribution in [0, 0.1) is 29.1 Å².